The molecule has 1 aliphatic heterocycles. The first-order valence-electron chi connectivity index (χ1n) is 13.9. The van der Waals surface area contributed by atoms with Crippen LogP contribution in [0.25, 0.3) is 11.1 Å². The number of likely N-dealkylation sites (tertiary alicyclic amines) is 1. The summed E-state index contributed by atoms with van der Waals surface area (Å²) in [7, 11) is 0. The molecule has 3 amide bonds. The van der Waals surface area contributed by atoms with Gasteiger partial charge < -0.3 is 31.5 Å². The van der Waals surface area contributed by atoms with Crippen LogP contribution in [0.5, 0.6) is 0 Å². The summed E-state index contributed by atoms with van der Waals surface area (Å²) in [6.07, 6.45) is 1.25. The van der Waals surface area contributed by atoms with Crippen molar-refractivity contribution >= 4 is 17.9 Å². The number of aliphatic hydroxyl groups is 1. The number of carbonyl (C=O) groups is 3. The predicted molar refractivity (Wildman–Crippen MR) is 151 cm³/mol. The van der Waals surface area contributed by atoms with Gasteiger partial charge in [-0.1, -0.05) is 43.3 Å². The molecule has 0 spiro atoms. The Balaban J connectivity index is 1.99. The van der Waals surface area contributed by atoms with E-state index in [4.69, 9.17) is 10.8 Å². The van der Waals surface area contributed by atoms with E-state index in [1.807, 2.05) is 31.2 Å². The normalized spacial score (nSPS) is 18.4. The van der Waals surface area contributed by atoms with Gasteiger partial charge in [0.15, 0.2) is 0 Å². The van der Waals surface area contributed by atoms with Gasteiger partial charge in [-0.3, -0.25) is 9.59 Å². The van der Waals surface area contributed by atoms with Crippen LogP contribution in [0.4, 0.5) is 9.18 Å². The topological polar surface area (TPSA) is 145 Å². The van der Waals surface area contributed by atoms with Crippen LogP contribution in [-0.4, -0.2) is 64.7 Å². The molecule has 0 aliphatic carbocycles. The maximum Gasteiger partial charge on any atom is 0.404 e. The second kappa shape index (κ2) is 13.7. The van der Waals surface area contributed by atoms with Crippen molar-refractivity contribution in [3.8, 4) is 11.1 Å². The molecule has 2 aromatic carbocycles. The minimum atomic E-state index is -1.56. The Hall–Kier alpha value is -3.50. The fraction of sp³-hybridized carbons (Fsp3) is 0.500. The Morgan fingerprint density at radius 2 is 1.93 bits per heavy atom. The Morgan fingerprint density at radius 3 is 2.60 bits per heavy atom. The Kier molecular flexibility index (Phi) is 10.6. The van der Waals surface area contributed by atoms with Gasteiger partial charge in [-0.2, -0.15) is 0 Å². The molecule has 0 saturated carbocycles. The third-order valence-electron chi connectivity index (χ3n) is 7.67. The Bertz CT molecular complexity index is 1210. The molecule has 1 heterocycles. The van der Waals surface area contributed by atoms with Gasteiger partial charge >= 0.3 is 6.09 Å². The van der Waals surface area contributed by atoms with Crippen molar-refractivity contribution < 1.29 is 29.0 Å². The zero-order valence-electron chi connectivity index (χ0n) is 23.5. The van der Waals surface area contributed by atoms with E-state index in [-0.39, 0.29) is 25.4 Å². The van der Waals surface area contributed by atoms with Crippen LogP contribution in [0.1, 0.15) is 57.6 Å². The number of halogens is 1. The molecule has 2 unspecified atom stereocenters. The van der Waals surface area contributed by atoms with E-state index in [0.717, 1.165) is 12.0 Å². The zero-order chi connectivity index (χ0) is 29.4. The van der Waals surface area contributed by atoms with E-state index in [1.54, 1.807) is 24.0 Å². The molecule has 1 saturated heterocycles. The number of hydrogen-bond donors (Lipinski definition) is 5. The molecular formula is C30H41FN4O5. The predicted octanol–water partition coefficient (Wildman–Crippen LogP) is 3.38. The first-order chi connectivity index (χ1) is 19.0. The summed E-state index contributed by atoms with van der Waals surface area (Å²) in [5, 5.41) is 26.4. The molecule has 6 N–H and O–H groups in total. The van der Waals surface area contributed by atoms with E-state index < -0.39 is 41.4 Å². The summed E-state index contributed by atoms with van der Waals surface area (Å²) in [6.45, 7) is 5.92. The Labute approximate surface area is 234 Å². The fourth-order valence-electron chi connectivity index (χ4n) is 5.48. The highest BCUT2D eigenvalue weighted by Gasteiger charge is 2.43. The van der Waals surface area contributed by atoms with Gasteiger partial charge in [-0.25, -0.2) is 9.18 Å². The van der Waals surface area contributed by atoms with E-state index in [2.05, 4.69) is 10.6 Å². The number of aryl methyl sites for hydroxylation is 1. The van der Waals surface area contributed by atoms with Crippen LogP contribution in [0.15, 0.2) is 42.5 Å². The lowest BCUT2D eigenvalue weighted by Gasteiger charge is -2.44. The number of rotatable bonds is 11. The lowest BCUT2D eigenvalue weighted by atomic mass is 9.72. The van der Waals surface area contributed by atoms with Crippen molar-refractivity contribution in [1.82, 2.24) is 15.5 Å². The minimum absolute atomic E-state index is 0.114. The molecule has 3 rings (SSSR count). The van der Waals surface area contributed by atoms with Crippen molar-refractivity contribution in [2.45, 2.75) is 70.6 Å². The van der Waals surface area contributed by atoms with E-state index in [9.17, 15) is 19.5 Å². The second-order valence-corrected chi connectivity index (χ2v) is 10.6. The van der Waals surface area contributed by atoms with Crippen molar-refractivity contribution in [3.05, 3.63) is 59.4 Å². The number of carboxylic acid groups (broad SMARTS) is 1. The van der Waals surface area contributed by atoms with Gasteiger partial charge in [0.2, 0.25) is 11.8 Å². The number of nitrogens with zero attached hydrogens (tertiary/aromatic N) is 1. The average molecular weight is 557 g/mol. The highest BCUT2D eigenvalue weighted by atomic mass is 19.1. The molecular weight excluding hydrogens is 515 g/mol. The number of nitrogens with two attached hydrogens (primary N) is 1. The summed E-state index contributed by atoms with van der Waals surface area (Å²) in [4.78, 5) is 38.0. The molecule has 218 valence electrons. The fourth-order valence-corrected chi connectivity index (χ4v) is 5.48. The molecule has 1 fully saturated rings. The standard InChI is InChI=1S/C30H41FN4O5/c1-4-21-9-5-10-22(17-21)26-24(12-6-13-25(26)31)30(40,14-8-15-33-29(38)39)23-11-7-16-35(18-23)28(37)20(3)34-27(36)19(2)32/h5-6,9-10,12-13,17,19-20,23,33,40H,4,7-8,11,14-16,18,32H2,1-3H3,(H,34,36)(H,38,39)/t19-,20-,23?,30?/m0/s1. The average Bonchev–Trinajstić information content (AvgIpc) is 2.94. The summed E-state index contributed by atoms with van der Waals surface area (Å²) < 4.78 is 15.5. The number of carbonyl (C=O) groups excluding carboxylic acids is 2. The molecule has 40 heavy (non-hydrogen) atoms. The summed E-state index contributed by atoms with van der Waals surface area (Å²) >= 11 is 0. The minimum Gasteiger partial charge on any atom is -0.465 e. The smallest absolute Gasteiger partial charge is 0.404 e. The molecule has 1 aliphatic rings. The summed E-state index contributed by atoms with van der Waals surface area (Å²) in [5.74, 6) is -1.65. The molecule has 4 atom stereocenters. The second-order valence-electron chi connectivity index (χ2n) is 10.6. The van der Waals surface area contributed by atoms with Crippen LogP contribution < -0.4 is 16.4 Å². The zero-order valence-corrected chi connectivity index (χ0v) is 23.5. The van der Waals surface area contributed by atoms with E-state index in [1.165, 1.54) is 13.0 Å². The van der Waals surface area contributed by atoms with E-state index in [0.29, 0.717) is 42.5 Å². The van der Waals surface area contributed by atoms with Crippen LogP contribution in [-0.2, 0) is 21.6 Å². The number of amides is 3. The van der Waals surface area contributed by atoms with Gasteiger partial charge in [0.25, 0.3) is 0 Å². The number of piperidine rings is 1. The maximum absolute atomic E-state index is 15.5. The van der Waals surface area contributed by atoms with Crippen LogP contribution >= 0.6 is 0 Å². The number of benzene rings is 2. The van der Waals surface area contributed by atoms with Gasteiger partial charge in [0.1, 0.15) is 11.9 Å². The van der Waals surface area contributed by atoms with Crippen LogP contribution in [0, 0.1) is 11.7 Å². The number of hydrogen-bond acceptors (Lipinski definition) is 5. The lowest BCUT2D eigenvalue weighted by molar-refractivity contribution is -0.140. The van der Waals surface area contributed by atoms with Crippen LogP contribution in [0.3, 0.4) is 0 Å². The largest absolute Gasteiger partial charge is 0.465 e. The summed E-state index contributed by atoms with van der Waals surface area (Å²) in [5.41, 5.74) is 6.45. The van der Waals surface area contributed by atoms with E-state index >= 15 is 4.39 Å². The molecule has 10 heteroatoms. The van der Waals surface area contributed by atoms with Crippen molar-refractivity contribution in [2.75, 3.05) is 19.6 Å². The SMILES string of the molecule is CCc1cccc(-c2c(F)cccc2C(O)(CCCNC(=O)O)C2CCCN(C(=O)[C@H](C)NC(=O)[C@H](C)N)C2)c1. The molecule has 9 nitrogen and oxygen atoms in total. The van der Waals surface area contributed by atoms with Gasteiger partial charge in [0, 0.05) is 31.1 Å². The first-order valence-corrected chi connectivity index (χ1v) is 13.9. The monoisotopic (exact) mass is 556 g/mol. The van der Waals surface area contributed by atoms with Gasteiger partial charge in [0.05, 0.1) is 11.6 Å². The van der Waals surface area contributed by atoms with Crippen molar-refractivity contribution in [2.24, 2.45) is 11.7 Å². The molecule has 0 bridgehead atoms. The van der Waals surface area contributed by atoms with Gasteiger partial charge in [-0.05, 0) is 68.7 Å². The van der Waals surface area contributed by atoms with Crippen LogP contribution in [0.2, 0.25) is 0 Å². The maximum atomic E-state index is 15.5. The third-order valence-corrected chi connectivity index (χ3v) is 7.67. The lowest BCUT2D eigenvalue weighted by Crippen LogP contribution is -2.54. The highest BCUT2D eigenvalue weighted by Crippen LogP contribution is 2.44. The number of nitrogens with one attached hydrogen (secondary N) is 2. The quantitative estimate of drug-likeness (QED) is 0.268. The Morgan fingerprint density at radius 1 is 1.20 bits per heavy atom. The highest BCUT2D eigenvalue weighted by molar-refractivity contribution is 5.89. The van der Waals surface area contributed by atoms with Gasteiger partial charge in [-0.15, -0.1) is 0 Å². The third kappa shape index (κ3) is 7.37. The molecule has 2 aromatic rings. The van der Waals surface area contributed by atoms with Crippen molar-refractivity contribution in [1.29, 1.82) is 0 Å². The first kappa shape index (κ1) is 31.0. The summed E-state index contributed by atoms with van der Waals surface area (Å²) in [6, 6.07) is 10.6. The van der Waals surface area contributed by atoms with Crippen molar-refractivity contribution in [3.63, 3.8) is 0 Å². The molecule has 0 aromatic heterocycles. The molecule has 0 radical (unpaired) electrons.